The Morgan fingerprint density at radius 1 is 0.946 bits per heavy atom. The molecule has 1 unspecified atom stereocenters. The molecule has 1 aliphatic rings. The number of hydrogen-bond donors (Lipinski definition) is 3. The minimum absolute atomic E-state index is 0.369. The molecule has 37 heavy (non-hydrogen) atoms. The monoisotopic (exact) mass is 521 g/mol. The Balaban J connectivity index is 1.65. The molecule has 0 aliphatic carbocycles. The summed E-state index contributed by atoms with van der Waals surface area (Å²) in [6.07, 6.45) is 8.29. The Hall–Kier alpha value is -4.73. The highest BCUT2D eigenvalue weighted by Crippen LogP contribution is 2.61. The van der Waals surface area contributed by atoms with Crippen molar-refractivity contribution >= 4 is 28.8 Å². The van der Waals surface area contributed by atoms with Crippen LogP contribution in [-0.2, 0) is 4.87 Å². The van der Waals surface area contributed by atoms with E-state index in [2.05, 4.69) is 47.0 Å². The van der Waals surface area contributed by atoms with E-state index in [1.165, 1.54) is 11.8 Å². The lowest BCUT2D eigenvalue weighted by atomic mass is 9.88. The number of benzene rings is 1. The molecule has 0 amide bonds. The molecule has 12 heteroatoms. The van der Waals surface area contributed by atoms with Crippen molar-refractivity contribution in [1.29, 1.82) is 5.26 Å². The van der Waals surface area contributed by atoms with Crippen LogP contribution < -0.4 is 5.32 Å². The van der Waals surface area contributed by atoms with Crippen LogP contribution in [0.4, 0.5) is 5.69 Å². The number of H-pyrrole nitrogens is 2. The summed E-state index contributed by atoms with van der Waals surface area (Å²) in [7, 11) is 0. The molecule has 1 atom stereocenters. The van der Waals surface area contributed by atoms with Gasteiger partial charge in [-0.05, 0) is 35.7 Å². The molecule has 1 aliphatic heterocycles. The number of fused-ring (bicyclic) bond motifs is 1. The Labute approximate surface area is 217 Å². The molecule has 7 rings (SSSR count). The van der Waals surface area contributed by atoms with Crippen LogP contribution >= 0.6 is 23.1 Å². The zero-order chi connectivity index (χ0) is 24.8. The first-order valence-corrected chi connectivity index (χ1v) is 12.8. The zero-order valence-corrected chi connectivity index (χ0v) is 20.5. The van der Waals surface area contributed by atoms with Crippen LogP contribution in [0.5, 0.6) is 0 Å². The van der Waals surface area contributed by atoms with Gasteiger partial charge in [-0.1, -0.05) is 17.8 Å². The number of anilines is 1. The van der Waals surface area contributed by atoms with E-state index in [-0.39, 0.29) is 0 Å². The number of aromatic amines is 2. The number of thioether (sulfide) groups is 1. The molecule has 6 aromatic rings. The largest absolute Gasteiger partial charge is 0.464 e. The molecule has 0 spiro atoms. The van der Waals surface area contributed by atoms with Gasteiger partial charge in [0, 0.05) is 50.6 Å². The molecule has 3 N–H and O–H groups in total. The summed E-state index contributed by atoms with van der Waals surface area (Å²) in [6, 6.07) is 13.9. The Morgan fingerprint density at radius 3 is 2.54 bits per heavy atom. The molecule has 0 radical (unpaired) electrons. The number of rotatable bonds is 5. The molecular formula is C25H15N9OS2. The molecular weight excluding hydrogens is 506 g/mol. The highest BCUT2D eigenvalue weighted by atomic mass is 32.2. The fourth-order valence-corrected chi connectivity index (χ4v) is 6.60. The van der Waals surface area contributed by atoms with Crippen molar-refractivity contribution in [3.05, 3.63) is 78.7 Å². The number of nitrogens with zero attached hydrogens (tertiary/aromatic N) is 6. The van der Waals surface area contributed by atoms with Gasteiger partial charge in [0.1, 0.15) is 17.5 Å². The van der Waals surface area contributed by atoms with Crippen LogP contribution in [-0.4, -0.2) is 35.6 Å². The summed E-state index contributed by atoms with van der Waals surface area (Å²) in [5.74, 6) is 1.02. The summed E-state index contributed by atoms with van der Waals surface area (Å²) >= 11 is 2.96. The summed E-state index contributed by atoms with van der Waals surface area (Å²) in [6.45, 7) is 0. The van der Waals surface area contributed by atoms with Gasteiger partial charge in [-0.3, -0.25) is 5.10 Å². The van der Waals surface area contributed by atoms with Crippen molar-refractivity contribution in [3.8, 4) is 50.3 Å². The maximum atomic E-state index is 10.5. The number of nitriles is 1. The van der Waals surface area contributed by atoms with Crippen molar-refractivity contribution in [1.82, 2.24) is 35.6 Å². The molecule has 0 fully saturated rings. The van der Waals surface area contributed by atoms with Crippen molar-refractivity contribution in [3.63, 3.8) is 0 Å². The first-order valence-electron chi connectivity index (χ1n) is 11.1. The zero-order valence-electron chi connectivity index (χ0n) is 18.8. The second-order valence-corrected chi connectivity index (χ2v) is 10.2. The average Bonchev–Trinajstić information content (AvgIpc) is 3.76. The van der Waals surface area contributed by atoms with E-state index in [0.717, 1.165) is 43.4 Å². The molecule has 0 saturated carbocycles. The maximum absolute atomic E-state index is 10.5. The fourth-order valence-electron chi connectivity index (χ4n) is 4.55. The predicted octanol–water partition coefficient (Wildman–Crippen LogP) is 5.53. The molecule has 5 aromatic heterocycles. The van der Waals surface area contributed by atoms with Gasteiger partial charge in [-0.15, -0.1) is 11.3 Å². The van der Waals surface area contributed by atoms with Crippen LogP contribution in [0.2, 0.25) is 0 Å². The van der Waals surface area contributed by atoms with Crippen molar-refractivity contribution in [2.75, 3.05) is 5.32 Å². The minimum Gasteiger partial charge on any atom is -0.464 e. The Bertz CT molecular complexity index is 1620. The smallest absolute Gasteiger partial charge is 0.237 e. The van der Waals surface area contributed by atoms with Gasteiger partial charge in [0.2, 0.25) is 4.87 Å². The molecule has 10 nitrogen and oxygen atoms in total. The SMILES string of the molecule is N#CC1(c2ncccn2)Nc2c(c(-c3ccn[nH]3)c(-c3cn[nH]n3)c(-c3ccco3)c2-c2cccs2)S1. The van der Waals surface area contributed by atoms with Gasteiger partial charge >= 0.3 is 0 Å². The highest BCUT2D eigenvalue weighted by molar-refractivity contribution is 8.01. The van der Waals surface area contributed by atoms with Gasteiger partial charge in [0.25, 0.3) is 0 Å². The lowest BCUT2D eigenvalue weighted by Gasteiger charge is -2.21. The second-order valence-electron chi connectivity index (χ2n) is 8.08. The van der Waals surface area contributed by atoms with Crippen LogP contribution in [0.25, 0.3) is 44.3 Å². The highest BCUT2D eigenvalue weighted by Gasteiger charge is 2.47. The quantitative estimate of drug-likeness (QED) is 0.266. The van der Waals surface area contributed by atoms with E-state index >= 15 is 0 Å². The number of nitrogens with one attached hydrogen (secondary N) is 3. The number of furan rings is 1. The van der Waals surface area contributed by atoms with Crippen molar-refractivity contribution in [2.45, 2.75) is 9.77 Å². The van der Waals surface area contributed by atoms with Gasteiger partial charge in [0.15, 0.2) is 5.82 Å². The fraction of sp³-hybridized carbons (Fsp3) is 0.0400. The van der Waals surface area contributed by atoms with Gasteiger partial charge in [-0.25, -0.2) is 9.97 Å². The third-order valence-corrected chi connectivity index (χ3v) is 8.21. The van der Waals surface area contributed by atoms with E-state index in [4.69, 9.17) is 4.42 Å². The summed E-state index contributed by atoms with van der Waals surface area (Å²) in [4.78, 5) is 9.46. The standard InChI is InChI=1S/C25H15N9OS2/c26-13-25(24-27-7-3-8-28-24)31-22-21(17-5-2-11-36-17)20(16-4-1-10-35-16)18(15-12-30-34-33-15)19(23(22)37-25)14-6-9-29-32-14/h1-12,31H,(H,29,32)(H,30,33,34). The topological polar surface area (TPSA) is 145 Å². The van der Waals surface area contributed by atoms with E-state index in [1.54, 1.807) is 48.5 Å². The maximum Gasteiger partial charge on any atom is 0.237 e. The predicted molar refractivity (Wildman–Crippen MR) is 139 cm³/mol. The van der Waals surface area contributed by atoms with Gasteiger partial charge in [-0.2, -0.15) is 25.8 Å². The normalized spacial score (nSPS) is 16.3. The van der Waals surface area contributed by atoms with Crippen LogP contribution in [0.15, 0.2) is 82.1 Å². The number of aromatic nitrogens is 7. The van der Waals surface area contributed by atoms with Crippen LogP contribution in [0.3, 0.4) is 0 Å². The van der Waals surface area contributed by atoms with E-state index < -0.39 is 4.87 Å². The summed E-state index contributed by atoms with van der Waals surface area (Å²) < 4.78 is 5.99. The van der Waals surface area contributed by atoms with E-state index in [9.17, 15) is 5.26 Å². The van der Waals surface area contributed by atoms with Crippen molar-refractivity contribution in [2.24, 2.45) is 0 Å². The third-order valence-electron chi connectivity index (χ3n) is 6.02. The Kier molecular flexibility index (Phi) is 4.91. The molecule has 0 saturated heterocycles. The first-order chi connectivity index (χ1) is 18.3. The minimum atomic E-state index is -1.26. The van der Waals surface area contributed by atoms with Crippen LogP contribution in [0.1, 0.15) is 5.82 Å². The van der Waals surface area contributed by atoms with E-state index in [1.807, 2.05) is 35.7 Å². The lowest BCUT2D eigenvalue weighted by molar-refractivity contribution is 0.582. The molecule has 1 aromatic carbocycles. The van der Waals surface area contributed by atoms with E-state index in [0.29, 0.717) is 17.3 Å². The second kappa shape index (κ2) is 8.44. The lowest BCUT2D eigenvalue weighted by Crippen LogP contribution is -2.28. The van der Waals surface area contributed by atoms with Gasteiger partial charge in [0.05, 0.1) is 23.8 Å². The average molecular weight is 522 g/mol. The summed E-state index contributed by atoms with van der Waals surface area (Å²) in [5, 5.41) is 34.7. The first kappa shape index (κ1) is 21.5. The molecule has 6 heterocycles. The number of hydrogen-bond acceptors (Lipinski definition) is 10. The molecule has 0 bridgehead atoms. The van der Waals surface area contributed by atoms with Crippen molar-refractivity contribution < 1.29 is 4.42 Å². The number of thiophene rings is 1. The summed E-state index contributed by atoms with van der Waals surface area (Å²) in [5.41, 5.74) is 5.50. The Morgan fingerprint density at radius 2 is 1.86 bits per heavy atom. The van der Waals surface area contributed by atoms with Crippen LogP contribution in [0, 0.1) is 11.3 Å². The molecule has 178 valence electrons. The third kappa shape index (κ3) is 3.29. The van der Waals surface area contributed by atoms with Gasteiger partial charge < -0.3 is 9.73 Å².